The largest absolute Gasteiger partial charge is 0.354 e. The summed E-state index contributed by atoms with van der Waals surface area (Å²) in [6.07, 6.45) is 3.36. The summed E-state index contributed by atoms with van der Waals surface area (Å²) in [5.74, 6) is -0.400. The Bertz CT molecular complexity index is 544. The summed E-state index contributed by atoms with van der Waals surface area (Å²) in [6, 6.07) is 9.73. The van der Waals surface area contributed by atoms with E-state index in [1.54, 1.807) is 0 Å². The van der Waals surface area contributed by atoms with Crippen LogP contribution in [0.2, 0.25) is 0 Å². The van der Waals surface area contributed by atoms with Gasteiger partial charge in [-0.1, -0.05) is 50.6 Å². The highest BCUT2D eigenvalue weighted by Gasteiger charge is 2.38. The molecule has 0 spiro atoms. The molecule has 6 heteroatoms. The fraction of sp³-hybridized carbons (Fsp3) is 0.556. The Morgan fingerprint density at radius 2 is 1.79 bits per heavy atom. The molecule has 5 nitrogen and oxygen atoms in total. The molecule has 24 heavy (non-hydrogen) atoms. The van der Waals surface area contributed by atoms with Crippen LogP contribution in [0.4, 0.5) is 0 Å². The highest BCUT2D eigenvalue weighted by molar-refractivity contribution is 5.87. The molecule has 0 heterocycles. The number of carbonyl (C=O) groups excluding carboxylic acids is 2. The van der Waals surface area contributed by atoms with Gasteiger partial charge in [-0.15, -0.1) is 12.4 Å². The zero-order valence-electron chi connectivity index (χ0n) is 14.4. The fourth-order valence-corrected chi connectivity index (χ4v) is 2.88. The van der Waals surface area contributed by atoms with Crippen LogP contribution < -0.4 is 16.4 Å². The van der Waals surface area contributed by atoms with E-state index in [0.717, 1.165) is 12.8 Å². The third kappa shape index (κ3) is 4.95. The summed E-state index contributed by atoms with van der Waals surface area (Å²) in [6.45, 7) is 4.35. The number of carbonyl (C=O) groups is 2. The summed E-state index contributed by atoms with van der Waals surface area (Å²) < 4.78 is 0. The van der Waals surface area contributed by atoms with E-state index in [2.05, 4.69) is 22.8 Å². The quantitative estimate of drug-likeness (QED) is 0.698. The van der Waals surface area contributed by atoms with Crippen molar-refractivity contribution >= 4 is 24.2 Å². The van der Waals surface area contributed by atoms with Crippen LogP contribution in [0.25, 0.3) is 0 Å². The van der Waals surface area contributed by atoms with Crippen molar-refractivity contribution in [3.63, 3.8) is 0 Å². The second kappa shape index (κ2) is 9.04. The minimum Gasteiger partial charge on any atom is -0.354 e. The SMILES string of the molecule is CC(C)[C@H](N)C(=O)NCC(=O)NCC1(c2ccccc2)CCC1.Cl. The van der Waals surface area contributed by atoms with Gasteiger partial charge in [0.1, 0.15) is 0 Å². The Balaban J connectivity index is 0.00000288. The highest BCUT2D eigenvalue weighted by Crippen LogP contribution is 2.43. The molecule has 4 N–H and O–H groups in total. The van der Waals surface area contributed by atoms with Gasteiger partial charge in [-0.25, -0.2) is 0 Å². The maximum Gasteiger partial charge on any atom is 0.239 e. The van der Waals surface area contributed by atoms with E-state index in [1.165, 1.54) is 12.0 Å². The standard InChI is InChI=1S/C18H27N3O2.ClH/c1-13(2)16(19)17(23)20-11-15(22)21-12-18(9-6-10-18)14-7-4-3-5-8-14;/h3-5,7-8,13,16H,6,9-12,19H2,1-2H3,(H,20,23)(H,21,22);1H/t16-;/m0./s1. The molecule has 0 bridgehead atoms. The van der Waals surface area contributed by atoms with Gasteiger partial charge in [0.15, 0.2) is 0 Å². The molecule has 1 aromatic rings. The molecule has 0 saturated heterocycles. The molecule has 0 aliphatic heterocycles. The number of benzene rings is 1. The predicted molar refractivity (Wildman–Crippen MR) is 98.1 cm³/mol. The second-order valence-electron chi connectivity index (χ2n) is 6.76. The van der Waals surface area contributed by atoms with E-state index in [4.69, 9.17) is 5.73 Å². The third-order valence-electron chi connectivity index (χ3n) is 4.76. The molecule has 2 rings (SSSR count). The van der Waals surface area contributed by atoms with E-state index in [1.807, 2.05) is 32.0 Å². The van der Waals surface area contributed by atoms with Crippen LogP contribution in [0, 0.1) is 5.92 Å². The first-order valence-electron chi connectivity index (χ1n) is 8.30. The lowest BCUT2D eigenvalue weighted by atomic mass is 9.64. The number of amides is 2. The minimum absolute atomic E-state index is 0. The minimum atomic E-state index is -0.579. The molecule has 1 saturated carbocycles. The van der Waals surface area contributed by atoms with Crippen LogP contribution in [0.5, 0.6) is 0 Å². The van der Waals surface area contributed by atoms with Crippen molar-refractivity contribution in [3.8, 4) is 0 Å². The van der Waals surface area contributed by atoms with E-state index < -0.39 is 6.04 Å². The monoisotopic (exact) mass is 353 g/mol. The van der Waals surface area contributed by atoms with Crippen molar-refractivity contribution < 1.29 is 9.59 Å². The molecule has 0 radical (unpaired) electrons. The first-order valence-corrected chi connectivity index (χ1v) is 8.30. The predicted octanol–water partition coefficient (Wildman–Crippen LogP) is 1.75. The van der Waals surface area contributed by atoms with Crippen LogP contribution in [0.3, 0.4) is 0 Å². The van der Waals surface area contributed by atoms with Crippen molar-refractivity contribution in [1.29, 1.82) is 0 Å². The molecule has 1 atom stereocenters. The zero-order chi connectivity index (χ0) is 16.9. The Morgan fingerprint density at radius 3 is 2.29 bits per heavy atom. The molecule has 0 unspecified atom stereocenters. The molecule has 2 amide bonds. The van der Waals surface area contributed by atoms with E-state index in [0.29, 0.717) is 6.54 Å². The van der Waals surface area contributed by atoms with Crippen molar-refractivity contribution in [2.45, 2.75) is 44.6 Å². The van der Waals surface area contributed by atoms with Gasteiger partial charge in [-0.05, 0) is 24.3 Å². The van der Waals surface area contributed by atoms with Crippen LogP contribution in [-0.4, -0.2) is 30.9 Å². The topological polar surface area (TPSA) is 84.2 Å². The van der Waals surface area contributed by atoms with Crippen molar-refractivity contribution in [1.82, 2.24) is 10.6 Å². The number of nitrogens with two attached hydrogens (primary N) is 1. The normalized spacial score (nSPS) is 16.5. The third-order valence-corrected chi connectivity index (χ3v) is 4.76. The number of halogens is 1. The van der Waals surface area contributed by atoms with Gasteiger partial charge in [-0.3, -0.25) is 9.59 Å². The fourth-order valence-electron chi connectivity index (χ4n) is 2.88. The van der Waals surface area contributed by atoms with Crippen molar-refractivity contribution in [2.75, 3.05) is 13.1 Å². The summed E-state index contributed by atoms with van der Waals surface area (Å²) in [7, 11) is 0. The van der Waals surface area contributed by atoms with Crippen LogP contribution in [0.15, 0.2) is 30.3 Å². The number of hydrogen-bond acceptors (Lipinski definition) is 3. The molecule has 1 aromatic carbocycles. The van der Waals surface area contributed by atoms with Crippen LogP contribution >= 0.6 is 12.4 Å². The maximum absolute atomic E-state index is 12.0. The number of rotatable bonds is 7. The Labute approximate surface area is 150 Å². The van der Waals surface area contributed by atoms with Gasteiger partial charge in [0.25, 0.3) is 0 Å². The number of hydrogen-bond donors (Lipinski definition) is 3. The summed E-state index contributed by atoms with van der Waals surface area (Å²) in [4.78, 5) is 23.8. The van der Waals surface area contributed by atoms with Gasteiger partial charge >= 0.3 is 0 Å². The van der Waals surface area contributed by atoms with Crippen LogP contribution in [-0.2, 0) is 15.0 Å². The Morgan fingerprint density at radius 1 is 1.17 bits per heavy atom. The maximum atomic E-state index is 12.0. The molecule has 1 aliphatic rings. The zero-order valence-corrected chi connectivity index (χ0v) is 15.2. The van der Waals surface area contributed by atoms with Gasteiger partial charge < -0.3 is 16.4 Å². The number of nitrogens with one attached hydrogen (secondary N) is 2. The second-order valence-corrected chi connectivity index (χ2v) is 6.76. The summed E-state index contributed by atoms with van der Waals surface area (Å²) in [5, 5.41) is 5.55. The average Bonchev–Trinajstić information content (AvgIpc) is 2.51. The lowest BCUT2D eigenvalue weighted by molar-refractivity contribution is -0.127. The van der Waals surface area contributed by atoms with Gasteiger partial charge in [0.05, 0.1) is 12.6 Å². The smallest absolute Gasteiger partial charge is 0.239 e. The summed E-state index contributed by atoms with van der Waals surface area (Å²) >= 11 is 0. The molecule has 1 aliphatic carbocycles. The first kappa shape index (κ1) is 20.5. The lowest BCUT2D eigenvalue weighted by Crippen LogP contribution is -2.50. The molecule has 134 valence electrons. The van der Waals surface area contributed by atoms with E-state index in [-0.39, 0.29) is 42.1 Å². The van der Waals surface area contributed by atoms with Crippen molar-refractivity contribution in [2.24, 2.45) is 11.7 Å². The molecular weight excluding hydrogens is 326 g/mol. The highest BCUT2D eigenvalue weighted by atomic mass is 35.5. The molecule has 0 aromatic heterocycles. The van der Waals surface area contributed by atoms with Crippen molar-refractivity contribution in [3.05, 3.63) is 35.9 Å². The first-order chi connectivity index (χ1) is 10.9. The van der Waals surface area contributed by atoms with E-state index >= 15 is 0 Å². The molecule has 1 fully saturated rings. The molecular formula is C18H28ClN3O2. The van der Waals surface area contributed by atoms with Gasteiger partial charge in [0, 0.05) is 12.0 Å². The van der Waals surface area contributed by atoms with E-state index in [9.17, 15) is 9.59 Å². The average molecular weight is 354 g/mol. The van der Waals surface area contributed by atoms with Crippen LogP contribution in [0.1, 0.15) is 38.7 Å². The Hall–Kier alpha value is -1.59. The lowest BCUT2D eigenvalue weighted by Gasteiger charge is -2.42. The Kier molecular flexibility index (Phi) is 7.70. The van der Waals surface area contributed by atoms with Gasteiger partial charge in [-0.2, -0.15) is 0 Å². The summed E-state index contributed by atoms with van der Waals surface area (Å²) in [5.41, 5.74) is 7.08. The van der Waals surface area contributed by atoms with Gasteiger partial charge in [0.2, 0.25) is 11.8 Å².